The van der Waals surface area contributed by atoms with Gasteiger partial charge in [0.25, 0.3) is 0 Å². The minimum absolute atomic E-state index is 0.693. The standard InChI is InChI=1S/C22H26N2O2/c1-15-11-18(16-7-5-4-6-8-16)13-24-14-19(23-22(15)24)17-9-10-20(25-2)21(12-17)26-3/h9-14,16H,4-8H2,1-3H3. The van der Waals surface area contributed by atoms with E-state index in [1.807, 2.05) is 18.2 Å². The van der Waals surface area contributed by atoms with Crippen LogP contribution in [0.5, 0.6) is 11.5 Å². The molecule has 2 heterocycles. The first-order chi connectivity index (χ1) is 12.7. The van der Waals surface area contributed by atoms with Gasteiger partial charge in [-0.3, -0.25) is 0 Å². The van der Waals surface area contributed by atoms with E-state index >= 15 is 0 Å². The number of aryl methyl sites for hydroxylation is 1. The highest BCUT2D eigenvalue weighted by Crippen LogP contribution is 2.35. The molecule has 4 nitrogen and oxygen atoms in total. The fourth-order valence-electron chi connectivity index (χ4n) is 4.09. The van der Waals surface area contributed by atoms with Gasteiger partial charge in [0.1, 0.15) is 5.65 Å². The Morgan fingerprint density at radius 3 is 2.46 bits per heavy atom. The molecule has 0 aliphatic heterocycles. The smallest absolute Gasteiger partial charge is 0.161 e. The zero-order valence-electron chi connectivity index (χ0n) is 15.8. The number of rotatable bonds is 4. The molecule has 1 fully saturated rings. The first kappa shape index (κ1) is 17.0. The van der Waals surface area contributed by atoms with Crippen molar-refractivity contribution in [2.75, 3.05) is 14.2 Å². The molecule has 1 aromatic carbocycles. The zero-order chi connectivity index (χ0) is 18.1. The van der Waals surface area contributed by atoms with Gasteiger partial charge in [-0.25, -0.2) is 4.98 Å². The van der Waals surface area contributed by atoms with Crippen LogP contribution in [-0.2, 0) is 0 Å². The Bertz CT molecular complexity index is 923. The van der Waals surface area contributed by atoms with Gasteiger partial charge in [0.15, 0.2) is 11.5 Å². The molecule has 0 radical (unpaired) electrons. The van der Waals surface area contributed by atoms with Crippen LogP contribution >= 0.6 is 0 Å². The molecule has 0 amide bonds. The van der Waals surface area contributed by atoms with Crippen molar-refractivity contribution in [3.05, 3.63) is 47.8 Å². The Morgan fingerprint density at radius 2 is 1.73 bits per heavy atom. The van der Waals surface area contributed by atoms with E-state index in [4.69, 9.17) is 14.5 Å². The maximum atomic E-state index is 5.44. The Balaban J connectivity index is 1.74. The quantitative estimate of drug-likeness (QED) is 0.634. The third-order valence-corrected chi connectivity index (χ3v) is 5.51. The third-order valence-electron chi connectivity index (χ3n) is 5.51. The highest BCUT2D eigenvalue weighted by atomic mass is 16.5. The number of imidazole rings is 1. The summed E-state index contributed by atoms with van der Waals surface area (Å²) in [5, 5.41) is 0. The van der Waals surface area contributed by atoms with E-state index in [-0.39, 0.29) is 0 Å². The number of pyridine rings is 1. The van der Waals surface area contributed by atoms with Gasteiger partial charge in [0.05, 0.1) is 19.9 Å². The summed E-state index contributed by atoms with van der Waals surface area (Å²) in [6.07, 6.45) is 11.1. The molecule has 4 rings (SSSR count). The van der Waals surface area contributed by atoms with Crippen LogP contribution in [0.2, 0.25) is 0 Å². The van der Waals surface area contributed by atoms with Crippen LogP contribution in [0.4, 0.5) is 0 Å². The third kappa shape index (κ3) is 3.05. The maximum Gasteiger partial charge on any atom is 0.161 e. The highest BCUT2D eigenvalue weighted by molar-refractivity contribution is 5.67. The van der Waals surface area contributed by atoms with Gasteiger partial charge in [-0.2, -0.15) is 0 Å². The number of benzene rings is 1. The number of hydrogen-bond donors (Lipinski definition) is 0. The van der Waals surface area contributed by atoms with Gasteiger partial charge in [-0.05, 0) is 55.0 Å². The molecule has 0 saturated heterocycles. The molecule has 0 bridgehead atoms. The number of ether oxygens (including phenoxy) is 2. The van der Waals surface area contributed by atoms with Gasteiger partial charge in [0, 0.05) is 18.0 Å². The molecule has 0 N–H and O–H groups in total. The molecular formula is C22H26N2O2. The summed E-state index contributed by atoms with van der Waals surface area (Å²) >= 11 is 0. The average molecular weight is 350 g/mol. The van der Waals surface area contributed by atoms with Gasteiger partial charge >= 0.3 is 0 Å². The van der Waals surface area contributed by atoms with Crippen LogP contribution in [0.25, 0.3) is 16.9 Å². The second-order valence-corrected chi connectivity index (χ2v) is 7.22. The van der Waals surface area contributed by atoms with E-state index in [1.54, 1.807) is 14.2 Å². The molecule has 26 heavy (non-hydrogen) atoms. The highest BCUT2D eigenvalue weighted by Gasteiger charge is 2.18. The second-order valence-electron chi connectivity index (χ2n) is 7.22. The Labute approximate surface area is 154 Å². The van der Waals surface area contributed by atoms with Crippen molar-refractivity contribution in [3.8, 4) is 22.8 Å². The second kappa shape index (κ2) is 7.02. The van der Waals surface area contributed by atoms with E-state index < -0.39 is 0 Å². The maximum absolute atomic E-state index is 5.44. The number of fused-ring (bicyclic) bond motifs is 1. The molecule has 1 aliphatic rings. The lowest BCUT2D eigenvalue weighted by atomic mass is 9.84. The number of methoxy groups -OCH3 is 2. The predicted molar refractivity (Wildman–Crippen MR) is 104 cm³/mol. The van der Waals surface area contributed by atoms with Crippen LogP contribution in [0.15, 0.2) is 36.7 Å². The van der Waals surface area contributed by atoms with Gasteiger partial charge in [0.2, 0.25) is 0 Å². The molecule has 136 valence electrons. The number of nitrogens with zero attached hydrogens (tertiary/aromatic N) is 2. The summed E-state index contributed by atoms with van der Waals surface area (Å²) in [4.78, 5) is 4.87. The molecule has 3 aromatic rings. The van der Waals surface area contributed by atoms with E-state index in [0.29, 0.717) is 5.92 Å². The molecule has 2 aromatic heterocycles. The first-order valence-corrected chi connectivity index (χ1v) is 9.41. The van der Waals surface area contributed by atoms with E-state index in [9.17, 15) is 0 Å². The Morgan fingerprint density at radius 1 is 0.962 bits per heavy atom. The fraction of sp³-hybridized carbons (Fsp3) is 0.409. The molecule has 0 atom stereocenters. The fourth-order valence-corrected chi connectivity index (χ4v) is 4.09. The van der Waals surface area contributed by atoms with Crippen molar-refractivity contribution in [2.45, 2.75) is 44.9 Å². The van der Waals surface area contributed by atoms with Crippen LogP contribution in [-0.4, -0.2) is 23.6 Å². The lowest BCUT2D eigenvalue weighted by Crippen LogP contribution is -2.06. The van der Waals surface area contributed by atoms with E-state index in [0.717, 1.165) is 28.4 Å². The van der Waals surface area contributed by atoms with Crippen molar-refractivity contribution in [1.29, 1.82) is 0 Å². The molecular weight excluding hydrogens is 324 g/mol. The minimum Gasteiger partial charge on any atom is -0.493 e. The minimum atomic E-state index is 0.693. The van der Waals surface area contributed by atoms with Crippen molar-refractivity contribution < 1.29 is 9.47 Å². The van der Waals surface area contributed by atoms with Gasteiger partial charge < -0.3 is 13.9 Å². The van der Waals surface area contributed by atoms with Gasteiger partial charge in [-0.1, -0.05) is 25.3 Å². The summed E-state index contributed by atoms with van der Waals surface area (Å²) < 4.78 is 13.0. The topological polar surface area (TPSA) is 35.8 Å². The summed E-state index contributed by atoms with van der Waals surface area (Å²) in [6, 6.07) is 8.27. The number of hydrogen-bond acceptors (Lipinski definition) is 3. The van der Waals surface area contributed by atoms with Crippen molar-refractivity contribution in [3.63, 3.8) is 0 Å². The van der Waals surface area contributed by atoms with E-state index in [1.165, 1.54) is 43.2 Å². The van der Waals surface area contributed by atoms with Crippen molar-refractivity contribution in [2.24, 2.45) is 0 Å². The molecule has 1 aliphatic carbocycles. The molecule has 0 spiro atoms. The Hall–Kier alpha value is -2.49. The van der Waals surface area contributed by atoms with Gasteiger partial charge in [-0.15, -0.1) is 0 Å². The largest absolute Gasteiger partial charge is 0.493 e. The zero-order valence-corrected chi connectivity index (χ0v) is 15.8. The van der Waals surface area contributed by atoms with Crippen molar-refractivity contribution in [1.82, 2.24) is 9.38 Å². The van der Waals surface area contributed by atoms with E-state index in [2.05, 4.69) is 29.8 Å². The summed E-state index contributed by atoms with van der Waals surface area (Å²) in [5.41, 5.74) is 5.69. The predicted octanol–water partition coefficient (Wildman–Crippen LogP) is 5.37. The summed E-state index contributed by atoms with van der Waals surface area (Å²) in [6.45, 7) is 2.16. The summed E-state index contributed by atoms with van der Waals surface area (Å²) in [5.74, 6) is 2.15. The molecule has 1 saturated carbocycles. The first-order valence-electron chi connectivity index (χ1n) is 9.41. The average Bonchev–Trinajstić information content (AvgIpc) is 3.13. The van der Waals surface area contributed by atoms with Crippen LogP contribution < -0.4 is 9.47 Å². The van der Waals surface area contributed by atoms with Crippen LogP contribution in [0.1, 0.15) is 49.1 Å². The lowest BCUT2D eigenvalue weighted by molar-refractivity contribution is 0.355. The monoisotopic (exact) mass is 350 g/mol. The SMILES string of the molecule is COc1ccc(-c2cn3cc(C4CCCCC4)cc(C)c3n2)cc1OC. The molecule has 0 unspecified atom stereocenters. The van der Waals surface area contributed by atoms with Crippen LogP contribution in [0, 0.1) is 6.92 Å². The number of aromatic nitrogens is 2. The Kier molecular flexibility index (Phi) is 4.58. The van der Waals surface area contributed by atoms with Crippen LogP contribution in [0.3, 0.4) is 0 Å². The normalized spacial score (nSPS) is 15.3. The lowest BCUT2D eigenvalue weighted by Gasteiger charge is -2.22. The summed E-state index contributed by atoms with van der Waals surface area (Å²) in [7, 11) is 3.31. The molecule has 4 heteroatoms. The van der Waals surface area contributed by atoms with Crippen molar-refractivity contribution >= 4 is 5.65 Å².